The molecule has 3 aliphatic heterocycles. The molecular weight excluding hydrogens is 1150 g/mol. The number of benzene rings is 1. The smallest absolute Gasteiger partial charge is 0.335 e. The summed E-state index contributed by atoms with van der Waals surface area (Å²) in [5, 5.41) is 0.480. The molecule has 1 N–H and O–H groups in total. The van der Waals surface area contributed by atoms with Crippen molar-refractivity contribution in [2.75, 3.05) is 142 Å². The average molecular weight is 1230 g/mol. The van der Waals surface area contributed by atoms with Gasteiger partial charge in [-0.2, -0.15) is 8.42 Å². The van der Waals surface area contributed by atoms with Crippen LogP contribution in [0.4, 0.5) is 5.69 Å². The molecule has 83 heavy (non-hydrogen) atoms. The fourth-order valence-electron chi connectivity index (χ4n) is 9.34. The summed E-state index contributed by atoms with van der Waals surface area (Å²) in [5.41, 5.74) is 2.80. The molecule has 1 aliphatic carbocycles. The highest BCUT2D eigenvalue weighted by molar-refractivity contribution is 7.86. The first kappa shape index (κ1) is 68.9. The van der Waals surface area contributed by atoms with E-state index in [2.05, 4.69) is 20.8 Å². The highest BCUT2D eigenvalue weighted by Crippen LogP contribution is 2.51. The number of carbonyl (C=O) groups excluding carboxylic acids is 3. The second kappa shape index (κ2) is 33.1. The van der Waals surface area contributed by atoms with Crippen LogP contribution >= 0.6 is 0 Å². The second-order valence-corrected chi connectivity index (χ2v) is 25.2. The van der Waals surface area contributed by atoms with E-state index in [1.165, 1.54) is 12.1 Å². The van der Waals surface area contributed by atoms with E-state index >= 15 is 0 Å². The van der Waals surface area contributed by atoms with Gasteiger partial charge in [0.15, 0.2) is 0 Å². The number of anilines is 1. The van der Waals surface area contributed by atoms with Crippen LogP contribution in [-0.2, 0) is 97.6 Å². The second-order valence-electron chi connectivity index (χ2n) is 20.7. The molecule has 25 nitrogen and oxygen atoms in total. The summed E-state index contributed by atoms with van der Waals surface area (Å²) in [7, 11) is -12.2. The summed E-state index contributed by atoms with van der Waals surface area (Å²) in [6.45, 7) is 12.9. The van der Waals surface area contributed by atoms with Crippen molar-refractivity contribution in [3.63, 3.8) is 0 Å². The maximum absolute atomic E-state index is 12.5. The number of nitrogens with zero attached hydrogens (tertiary/aromatic N) is 3. The lowest BCUT2D eigenvalue weighted by Gasteiger charge is -2.35. The van der Waals surface area contributed by atoms with E-state index in [4.69, 9.17) is 47.5 Å². The maximum Gasteiger partial charge on any atom is 0.335 e. The van der Waals surface area contributed by atoms with Gasteiger partial charge in [0.05, 0.1) is 131 Å². The Morgan fingerprint density at radius 1 is 0.771 bits per heavy atom. The van der Waals surface area contributed by atoms with Gasteiger partial charge in [-0.15, -0.1) is 5.06 Å². The predicted octanol–water partition coefficient (Wildman–Crippen LogP) is 3.85. The SMILES string of the molecule is COCCOCCOCCOCCN(CCCS(=O)(=O)[O-])C1=CC2OC(/C=C/C=C3/N(CCOCCOCCOCCOCCC(=O)ON4C(=O)CCC4=O)c4ccc(S(=O)(=O)O)cc4C3(C)CCCS(=O)(=O)[O-])=CC(C(C)(C)C)=C2C=C1. The molecule has 1 saturated heterocycles. The molecule has 28 heteroatoms. The number of hydrogen-bond acceptors (Lipinski definition) is 23. The standard InChI is InChI=1S/C55H81N3O22S3/c1-54(2,3)46-40-43(79-49-39-42(11-13-45(46)49)56(19-8-38-82(65,66)67)20-23-73-28-31-77-34-33-75-26-25-71-5)9-6-10-50-55(4,18-7-37-81(62,63)64)47-41-44(83(68,69)70)12-14-48(47)57(50)21-24-74-29-32-78-36-35-76-30-27-72-22-17-53(61)80-58-51(59)15-16-52(58)60/h6,9-14,39-41,49H,7-8,15-38H2,1-5H3,(H,62,63,64)(H,65,66,67)(H,68,69,70)/p-2/b9-6+,50-10+. The van der Waals surface area contributed by atoms with Crippen LogP contribution in [0.15, 0.2) is 93.9 Å². The molecule has 2 atom stereocenters. The van der Waals surface area contributed by atoms with E-state index in [-0.39, 0.29) is 121 Å². The van der Waals surface area contributed by atoms with Crippen molar-refractivity contribution in [2.24, 2.45) is 5.41 Å². The van der Waals surface area contributed by atoms with Crippen LogP contribution in [0.1, 0.15) is 71.8 Å². The summed E-state index contributed by atoms with van der Waals surface area (Å²) in [6, 6.07) is 4.17. The maximum atomic E-state index is 12.5. The van der Waals surface area contributed by atoms with Gasteiger partial charge in [-0.25, -0.2) is 21.6 Å². The zero-order chi connectivity index (χ0) is 60.7. The van der Waals surface area contributed by atoms with Gasteiger partial charge in [-0.3, -0.25) is 14.1 Å². The van der Waals surface area contributed by atoms with Crippen molar-refractivity contribution >= 4 is 53.8 Å². The molecule has 3 heterocycles. The molecule has 1 fully saturated rings. The molecule has 466 valence electrons. The number of carbonyl (C=O) groups is 3. The van der Waals surface area contributed by atoms with Crippen molar-refractivity contribution in [3.8, 4) is 0 Å². The normalized spacial score (nSPS) is 19.0. The fraction of sp³-hybridized carbons (Fsp3) is 0.618. The molecule has 0 spiro atoms. The van der Waals surface area contributed by atoms with E-state index in [1.54, 1.807) is 31.4 Å². The molecule has 4 aliphatic rings. The minimum Gasteiger partial charge on any atom is -0.748 e. The molecule has 2 amide bonds. The van der Waals surface area contributed by atoms with Crippen molar-refractivity contribution < 1.29 is 101 Å². The molecule has 0 bridgehead atoms. The first-order valence-electron chi connectivity index (χ1n) is 27.3. The zero-order valence-electron chi connectivity index (χ0n) is 47.8. The lowest BCUT2D eigenvalue weighted by Crippen LogP contribution is -2.32. The number of ether oxygens (including phenoxy) is 9. The predicted molar refractivity (Wildman–Crippen MR) is 299 cm³/mol. The summed E-state index contributed by atoms with van der Waals surface area (Å²) in [6.07, 6.45) is 12.4. The van der Waals surface area contributed by atoms with Crippen LogP contribution in [-0.4, -0.2) is 210 Å². The highest BCUT2D eigenvalue weighted by atomic mass is 32.2. The highest BCUT2D eigenvalue weighted by Gasteiger charge is 2.44. The lowest BCUT2D eigenvalue weighted by atomic mass is 9.77. The Kier molecular flexibility index (Phi) is 27.5. The molecule has 0 aromatic heterocycles. The molecule has 0 radical (unpaired) electrons. The first-order valence-corrected chi connectivity index (χ1v) is 31.9. The monoisotopic (exact) mass is 1230 g/mol. The van der Waals surface area contributed by atoms with Crippen LogP contribution in [0.5, 0.6) is 0 Å². The van der Waals surface area contributed by atoms with E-state index in [0.29, 0.717) is 74.0 Å². The number of allylic oxidation sites excluding steroid dienone is 7. The Hall–Kier alpha value is -4.92. The van der Waals surface area contributed by atoms with Gasteiger partial charge in [-0.1, -0.05) is 32.9 Å². The summed E-state index contributed by atoms with van der Waals surface area (Å²) in [5.74, 6) is -2.63. The fourth-order valence-corrected chi connectivity index (χ4v) is 10.8. The van der Waals surface area contributed by atoms with Gasteiger partial charge in [0, 0.05) is 79.2 Å². The lowest BCUT2D eigenvalue weighted by molar-refractivity contribution is -0.198. The number of hydrogen-bond donors (Lipinski definition) is 1. The van der Waals surface area contributed by atoms with Crippen LogP contribution in [0.25, 0.3) is 0 Å². The van der Waals surface area contributed by atoms with Gasteiger partial charge < -0.3 is 66.4 Å². The third kappa shape index (κ3) is 23.1. The summed E-state index contributed by atoms with van der Waals surface area (Å²) in [4.78, 5) is 43.4. The van der Waals surface area contributed by atoms with Gasteiger partial charge >= 0.3 is 5.97 Å². The zero-order valence-corrected chi connectivity index (χ0v) is 50.3. The number of methoxy groups -OCH3 is 1. The third-order valence-electron chi connectivity index (χ3n) is 13.4. The number of fused-ring (bicyclic) bond motifs is 2. The molecule has 0 saturated carbocycles. The van der Waals surface area contributed by atoms with Crippen LogP contribution in [0.2, 0.25) is 0 Å². The van der Waals surface area contributed by atoms with Crippen LogP contribution < -0.4 is 4.90 Å². The molecule has 1 aromatic rings. The Labute approximate surface area is 487 Å². The van der Waals surface area contributed by atoms with Crippen molar-refractivity contribution in [1.82, 2.24) is 9.96 Å². The van der Waals surface area contributed by atoms with Gasteiger partial charge in [0.2, 0.25) is 0 Å². The van der Waals surface area contributed by atoms with E-state index in [9.17, 15) is 53.3 Å². The van der Waals surface area contributed by atoms with Crippen LogP contribution in [0, 0.1) is 5.41 Å². The van der Waals surface area contributed by atoms with Crippen molar-refractivity contribution in [2.45, 2.75) is 82.6 Å². The average Bonchev–Trinajstić information content (AvgIpc) is 2.05. The van der Waals surface area contributed by atoms with Gasteiger partial charge in [0.1, 0.15) is 11.9 Å². The molecule has 2 unspecified atom stereocenters. The van der Waals surface area contributed by atoms with Crippen LogP contribution in [0.3, 0.4) is 0 Å². The Morgan fingerprint density at radius 3 is 1.89 bits per heavy atom. The molecule has 5 rings (SSSR count). The van der Waals surface area contributed by atoms with Gasteiger partial charge in [-0.05, 0) is 91.3 Å². The minimum absolute atomic E-state index is 0.000198. The molecule has 1 aromatic carbocycles. The number of rotatable bonds is 40. The first-order chi connectivity index (χ1) is 39.3. The number of amides is 2. The van der Waals surface area contributed by atoms with E-state index in [0.717, 1.165) is 16.8 Å². The Morgan fingerprint density at radius 2 is 1.33 bits per heavy atom. The van der Waals surface area contributed by atoms with Crippen molar-refractivity contribution in [1.29, 1.82) is 0 Å². The topological polar surface area (TPSA) is 322 Å². The Balaban J connectivity index is 1.26. The van der Waals surface area contributed by atoms with Gasteiger partial charge in [0.25, 0.3) is 21.9 Å². The summed E-state index contributed by atoms with van der Waals surface area (Å²) < 4.78 is 156. The van der Waals surface area contributed by atoms with E-state index in [1.807, 2.05) is 41.0 Å². The largest absolute Gasteiger partial charge is 0.748 e. The third-order valence-corrected chi connectivity index (χ3v) is 15.8. The quantitative estimate of drug-likeness (QED) is 0.0554. The van der Waals surface area contributed by atoms with E-state index < -0.39 is 71.2 Å². The molecular formula is C55H79N3O22S3-2. The number of hydroxylamine groups is 2. The Bertz CT molecular complexity index is 2860. The number of imide groups is 1. The summed E-state index contributed by atoms with van der Waals surface area (Å²) >= 11 is 0. The minimum atomic E-state index is -4.68. The van der Waals surface area contributed by atoms with Crippen molar-refractivity contribution in [3.05, 3.63) is 94.6 Å².